The summed E-state index contributed by atoms with van der Waals surface area (Å²) in [6.07, 6.45) is 2.68. The van der Waals surface area contributed by atoms with Crippen LogP contribution in [0.15, 0.2) is 48.5 Å². The third-order valence-electron chi connectivity index (χ3n) is 5.31. The van der Waals surface area contributed by atoms with E-state index in [-0.39, 0.29) is 24.1 Å². The standard InChI is InChI=1S/C22H27ClN2O3S/c1-17-15-20(23)11-12-21(17)24-22(26)19-10-5-13-25(16-19)29(27,28)14-6-9-18-7-3-2-4-8-18/h2-4,7-8,11-12,15,19H,5-6,9-10,13-14,16H2,1H3,(H,24,26)/t19-/m1/s1. The third kappa shape index (κ3) is 6.04. The second-order valence-electron chi connectivity index (χ2n) is 7.55. The molecule has 2 aromatic rings. The molecule has 0 unspecified atom stereocenters. The number of halogens is 1. The van der Waals surface area contributed by atoms with Gasteiger partial charge in [0.1, 0.15) is 0 Å². The Morgan fingerprint density at radius 3 is 2.69 bits per heavy atom. The van der Waals surface area contributed by atoms with Crippen LogP contribution in [-0.2, 0) is 21.2 Å². The largest absolute Gasteiger partial charge is 0.326 e. The molecular weight excluding hydrogens is 408 g/mol. The molecule has 1 amide bonds. The summed E-state index contributed by atoms with van der Waals surface area (Å²) in [6, 6.07) is 15.2. The molecule has 0 aromatic heterocycles. The molecule has 1 aliphatic heterocycles. The average molecular weight is 435 g/mol. The van der Waals surface area contributed by atoms with Crippen LogP contribution in [-0.4, -0.2) is 37.5 Å². The smallest absolute Gasteiger partial charge is 0.228 e. The van der Waals surface area contributed by atoms with Crippen LogP contribution in [0.2, 0.25) is 5.02 Å². The minimum absolute atomic E-state index is 0.104. The Bertz CT molecular complexity index is 948. The second-order valence-corrected chi connectivity index (χ2v) is 10.1. The van der Waals surface area contributed by atoms with E-state index in [9.17, 15) is 13.2 Å². The highest BCUT2D eigenvalue weighted by Gasteiger charge is 2.32. The molecule has 1 N–H and O–H groups in total. The Balaban J connectivity index is 1.56. The van der Waals surface area contributed by atoms with Crippen molar-refractivity contribution in [1.82, 2.24) is 4.31 Å². The number of benzene rings is 2. The van der Waals surface area contributed by atoms with Crippen LogP contribution < -0.4 is 5.32 Å². The SMILES string of the molecule is Cc1cc(Cl)ccc1NC(=O)[C@@H]1CCCN(S(=O)(=O)CCCc2ccccc2)C1. The van der Waals surface area contributed by atoms with Crippen LogP contribution in [0.25, 0.3) is 0 Å². The summed E-state index contributed by atoms with van der Waals surface area (Å²) >= 11 is 5.97. The van der Waals surface area contributed by atoms with Crippen LogP contribution in [0.1, 0.15) is 30.4 Å². The van der Waals surface area contributed by atoms with E-state index in [0.717, 1.165) is 17.5 Å². The maximum absolute atomic E-state index is 12.8. The van der Waals surface area contributed by atoms with Gasteiger partial charge in [0.15, 0.2) is 0 Å². The van der Waals surface area contributed by atoms with Crippen molar-refractivity contribution >= 4 is 33.2 Å². The van der Waals surface area contributed by atoms with Gasteiger partial charge in [-0.1, -0.05) is 41.9 Å². The summed E-state index contributed by atoms with van der Waals surface area (Å²) in [4.78, 5) is 12.7. The van der Waals surface area contributed by atoms with E-state index in [1.807, 2.05) is 37.3 Å². The minimum Gasteiger partial charge on any atom is -0.326 e. The number of sulfonamides is 1. The van der Waals surface area contributed by atoms with Gasteiger partial charge in [-0.3, -0.25) is 4.79 Å². The maximum atomic E-state index is 12.8. The van der Waals surface area contributed by atoms with Crippen LogP contribution in [0.5, 0.6) is 0 Å². The molecule has 156 valence electrons. The van der Waals surface area contributed by atoms with Crippen molar-refractivity contribution in [2.24, 2.45) is 5.92 Å². The number of nitrogens with zero attached hydrogens (tertiary/aromatic N) is 1. The zero-order chi connectivity index (χ0) is 20.9. The van der Waals surface area contributed by atoms with E-state index in [0.29, 0.717) is 36.5 Å². The highest BCUT2D eigenvalue weighted by Crippen LogP contribution is 2.24. The summed E-state index contributed by atoms with van der Waals surface area (Å²) in [5.74, 6) is -0.380. The van der Waals surface area contributed by atoms with Gasteiger partial charge in [-0.25, -0.2) is 12.7 Å². The number of nitrogens with one attached hydrogen (secondary N) is 1. The van der Waals surface area contributed by atoms with Crippen molar-refractivity contribution in [2.45, 2.75) is 32.6 Å². The molecule has 5 nitrogen and oxygen atoms in total. The lowest BCUT2D eigenvalue weighted by atomic mass is 9.98. The monoisotopic (exact) mass is 434 g/mol. The molecule has 1 aliphatic rings. The number of hydrogen-bond donors (Lipinski definition) is 1. The lowest BCUT2D eigenvalue weighted by Gasteiger charge is -2.31. The zero-order valence-electron chi connectivity index (χ0n) is 16.6. The maximum Gasteiger partial charge on any atom is 0.228 e. The first-order valence-corrected chi connectivity index (χ1v) is 11.9. The van der Waals surface area contributed by atoms with Crippen molar-refractivity contribution in [1.29, 1.82) is 0 Å². The minimum atomic E-state index is -3.37. The van der Waals surface area contributed by atoms with E-state index < -0.39 is 10.0 Å². The van der Waals surface area contributed by atoms with E-state index >= 15 is 0 Å². The number of rotatable bonds is 7. The number of aryl methyl sites for hydroxylation is 2. The number of carbonyl (C=O) groups is 1. The molecule has 0 saturated carbocycles. The van der Waals surface area contributed by atoms with E-state index in [1.54, 1.807) is 18.2 Å². The van der Waals surface area contributed by atoms with Gasteiger partial charge < -0.3 is 5.32 Å². The van der Waals surface area contributed by atoms with E-state index in [1.165, 1.54) is 4.31 Å². The molecule has 1 saturated heterocycles. The summed E-state index contributed by atoms with van der Waals surface area (Å²) < 4.78 is 27.0. The molecule has 2 aromatic carbocycles. The van der Waals surface area contributed by atoms with Crippen molar-refractivity contribution in [3.05, 3.63) is 64.7 Å². The van der Waals surface area contributed by atoms with E-state index in [2.05, 4.69) is 5.32 Å². The molecule has 0 bridgehead atoms. The van der Waals surface area contributed by atoms with E-state index in [4.69, 9.17) is 11.6 Å². The summed E-state index contributed by atoms with van der Waals surface area (Å²) in [6.45, 7) is 2.61. The molecule has 0 aliphatic carbocycles. The fourth-order valence-electron chi connectivity index (χ4n) is 3.64. The highest BCUT2D eigenvalue weighted by atomic mass is 35.5. The number of amides is 1. The van der Waals surface area contributed by atoms with Gasteiger partial charge >= 0.3 is 0 Å². The molecule has 0 spiro atoms. The summed E-state index contributed by atoms with van der Waals surface area (Å²) in [5, 5.41) is 3.54. The quantitative estimate of drug-likeness (QED) is 0.707. The number of piperidine rings is 1. The van der Waals surface area contributed by atoms with Crippen molar-refractivity contribution in [3.8, 4) is 0 Å². The summed E-state index contributed by atoms with van der Waals surface area (Å²) in [7, 11) is -3.37. The predicted octanol–water partition coefficient (Wildman–Crippen LogP) is 4.26. The van der Waals surface area contributed by atoms with Crippen LogP contribution in [0.4, 0.5) is 5.69 Å². The number of hydrogen-bond acceptors (Lipinski definition) is 3. The Morgan fingerprint density at radius 1 is 1.21 bits per heavy atom. The van der Waals surface area contributed by atoms with Crippen LogP contribution >= 0.6 is 11.6 Å². The molecule has 7 heteroatoms. The molecule has 29 heavy (non-hydrogen) atoms. The topological polar surface area (TPSA) is 66.5 Å². The Kier molecular flexibility index (Phi) is 7.33. The Labute approximate surface area is 178 Å². The van der Waals surface area contributed by atoms with Crippen molar-refractivity contribution in [3.63, 3.8) is 0 Å². The lowest BCUT2D eigenvalue weighted by molar-refractivity contribution is -0.120. The first-order chi connectivity index (χ1) is 13.8. The molecule has 1 atom stereocenters. The second kappa shape index (κ2) is 9.74. The van der Waals surface area contributed by atoms with Crippen molar-refractivity contribution < 1.29 is 13.2 Å². The van der Waals surface area contributed by atoms with Gasteiger partial charge in [0.2, 0.25) is 15.9 Å². The van der Waals surface area contributed by atoms with Gasteiger partial charge in [0.25, 0.3) is 0 Å². The molecule has 1 fully saturated rings. The normalized spacial score (nSPS) is 17.8. The lowest BCUT2D eigenvalue weighted by Crippen LogP contribution is -2.44. The Morgan fingerprint density at radius 2 is 1.97 bits per heavy atom. The number of anilines is 1. The van der Waals surface area contributed by atoms with Crippen molar-refractivity contribution in [2.75, 3.05) is 24.2 Å². The van der Waals surface area contributed by atoms with Gasteiger partial charge in [-0.05, 0) is 61.9 Å². The predicted molar refractivity (Wildman–Crippen MR) is 118 cm³/mol. The van der Waals surface area contributed by atoms with Crippen LogP contribution in [0, 0.1) is 12.8 Å². The zero-order valence-corrected chi connectivity index (χ0v) is 18.2. The summed E-state index contributed by atoms with van der Waals surface area (Å²) in [5.41, 5.74) is 2.73. The third-order valence-corrected chi connectivity index (χ3v) is 7.46. The molecular formula is C22H27ClN2O3S. The molecule has 1 heterocycles. The first kappa shape index (κ1) is 21.8. The van der Waals surface area contributed by atoms with Gasteiger partial charge in [-0.15, -0.1) is 0 Å². The fraction of sp³-hybridized carbons (Fsp3) is 0.409. The molecule has 3 rings (SSSR count). The van der Waals surface area contributed by atoms with Gasteiger partial charge in [0.05, 0.1) is 11.7 Å². The fourth-order valence-corrected chi connectivity index (χ4v) is 5.45. The number of carbonyl (C=O) groups excluding carboxylic acids is 1. The first-order valence-electron chi connectivity index (χ1n) is 9.94. The van der Waals surface area contributed by atoms with Gasteiger partial charge in [-0.2, -0.15) is 0 Å². The highest BCUT2D eigenvalue weighted by molar-refractivity contribution is 7.89. The van der Waals surface area contributed by atoms with Crippen LogP contribution in [0.3, 0.4) is 0 Å². The Hall–Kier alpha value is -1.89. The van der Waals surface area contributed by atoms with Gasteiger partial charge in [0, 0.05) is 23.8 Å². The average Bonchev–Trinajstić information content (AvgIpc) is 2.71. The molecule has 0 radical (unpaired) electrons.